The van der Waals surface area contributed by atoms with Gasteiger partial charge in [-0.05, 0) is 0 Å². The van der Waals surface area contributed by atoms with Gasteiger partial charge in [-0.1, -0.05) is 0 Å². The summed E-state index contributed by atoms with van der Waals surface area (Å²) in [6.45, 7) is 0. The molecule has 0 radical (unpaired) electrons. The van der Waals surface area contributed by atoms with Gasteiger partial charge in [0.15, 0.2) is 0 Å². The van der Waals surface area contributed by atoms with Gasteiger partial charge in [0.25, 0.3) is 0 Å². The van der Waals surface area contributed by atoms with E-state index in [0.717, 1.165) is 0 Å². The van der Waals surface area contributed by atoms with Crippen LogP contribution in [-0.4, -0.2) is 16.8 Å². The van der Waals surface area contributed by atoms with Gasteiger partial charge < -0.3 is 4.84 Å². The summed E-state index contributed by atoms with van der Waals surface area (Å²) < 4.78 is 1.51. The quantitative estimate of drug-likeness (QED) is 0.492. The highest BCUT2D eigenvalue weighted by Crippen LogP contribution is 1.75. The molecule has 0 aromatic carbocycles. The molecule has 1 rings (SSSR count). The summed E-state index contributed by atoms with van der Waals surface area (Å²) in [5, 5.41) is 0. The molecular formula is C4H6N2O. The van der Waals surface area contributed by atoms with E-state index in [0.29, 0.717) is 0 Å². The molecule has 3 heteroatoms. The van der Waals surface area contributed by atoms with E-state index in [-0.39, 0.29) is 0 Å². The van der Waals surface area contributed by atoms with Crippen molar-refractivity contribution in [3.05, 3.63) is 18.7 Å². The van der Waals surface area contributed by atoms with Crippen LogP contribution in [0.3, 0.4) is 0 Å². The highest BCUT2D eigenvalue weighted by Gasteiger charge is 1.77. The minimum Gasteiger partial charge on any atom is -0.416 e. The first-order chi connectivity index (χ1) is 3.43. The maximum absolute atomic E-state index is 4.71. The van der Waals surface area contributed by atoms with Crippen LogP contribution in [0.5, 0.6) is 0 Å². The molecule has 0 aliphatic rings. The molecule has 0 saturated heterocycles. The molecule has 1 aromatic heterocycles. The van der Waals surface area contributed by atoms with Crippen LogP contribution in [0.1, 0.15) is 0 Å². The lowest BCUT2D eigenvalue weighted by atomic mass is 11.0. The number of rotatable bonds is 1. The van der Waals surface area contributed by atoms with Crippen molar-refractivity contribution in [1.29, 1.82) is 0 Å². The van der Waals surface area contributed by atoms with Crippen LogP contribution in [-0.2, 0) is 0 Å². The fourth-order valence-corrected chi connectivity index (χ4v) is 0.355. The second kappa shape index (κ2) is 1.64. The minimum atomic E-state index is 1.51. The summed E-state index contributed by atoms with van der Waals surface area (Å²) in [5.41, 5.74) is 0. The summed E-state index contributed by atoms with van der Waals surface area (Å²) in [5.74, 6) is 0. The molecule has 0 aliphatic carbocycles. The van der Waals surface area contributed by atoms with Crippen LogP contribution in [0.4, 0.5) is 0 Å². The molecule has 38 valence electrons. The van der Waals surface area contributed by atoms with Gasteiger partial charge in [0, 0.05) is 6.20 Å². The van der Waals surface area contributed by atoms with E-state index < -0.39 is 0 Å². The number of imidazole rings is 1. The van der Waals surface area contributed by atoms with Crippen molar-refractivity contribution in [2.24, 2.45) is 0 Å². The van der Waals surface area contributed by atoms with E-state index in [2.05, 4.69) is 4.98 Å². The first-order valence-corrected chi connectivity index (χ1v) is 1.96. The van der Waals surface area contributed by atoms with Crippen molar-refractivity contribution in [2.45, 2.75) is 0 Å². The van der Waals surface area contributed by atoms with E-state index in [1.807, 2.05) is 0 Å². The first kappa shape index (κ1) is 4.18. The van der Waals surface area contributed by atoms with Gasteiger partial charge in [0.2, 0.25) is 0 Å². The van der Waals surface area contributed by atoms with Gasteiger partial charge in [-0.3, -0.25) is 0 Å². The van der Waals surface area contributed by atoms with Crippen molar-refractivity contribution in [1.82, 2.24) is 9.71 Å². The fourth-order valence-electron chi connectivity index (χ4n) is 0.355. The summed E-state index contributed by atoms with van der Waals surface area (Å²) >= 11 is 0. The Balaban J connectivity index is 2.76. The summed E-state index contributed by atoms with van der Waals surface area (Å²) in [7, 11) is 1.58. The van der Waals surface area contributed by atoms with Crippen LogP contribution >= 0.6 is 0 Å². The predicted molar refractivity (Wildman–Crippen MR) is 24.7 cm³/mol. The molecule has 0 N–H and O–H groups in total. The van der Waals surface area contributed by atoms with Crippen molar-refractivity contribution in [2.75, 3.05) is 7.11 Å². The normalized spacial score (nSPS) is 8.71. The lowest BCUT2D eigenvalue weighted by Gasteiger charge is -1.92. The molecule has 0 saturated carbocycles. The summed E-state index contributed by atoms with van der Waals surface area (Å²) in [6, 6.07) is 0. The van der Waals surface area contributed by atoms with Gasteiger partial charge in [0.1, 0.15) is 13.4 Å². The standard InChI is InChI=1S/C4H6N2O/c1-7-6-3-2-5-4-6/h2-4H,1H3. The van der Waals surface area contributed by atoms with Gasteiger partial charge >= 0.3 is 0 Å². The van der Waals surface area contributed by atoms with Gasteiger partial charge in [-0.15, -0.1) is 0 Å². The Morgan fingerprint density at radius 3 is 2.86 bits per heavy atom. The van der Waals surface area contributed by atoms with E-state index in [1.54, 1.807) is 25.8 Å². The van der Waals surface area contributed by atoms with Gasteiger partial charge in [0.05, 0.1) is 6.20 Å². The highest BCUT2D eigenvalue weighted by atomic mass is 16.6. The van der Waals surface area contributed by atoms with Crippen LogP contribution in [0.2, 0.25) is 0 Å². The molecule has 7 heavy (non-hydrogen) atoms. The molecule has 1 heterocycles. The average molecular weight is 98.1 g/mol. The summed E-state index contributed by atoms with van der Waals surface area (Å²) in [4.78, 5) is 8.44. The van der Waals surface area contributed by atoms with Crippen LogP contribution in [0.15, 0.2) is 18.7 Å². The molecule has 0 amide bonds. The summed E-state index contributed by atoms with van der Waals surface area (Å²) in [6.07, 6.45) is 4.96. The maximum atomic E-state index is 4.71. The monoisotopic (exact) mass is 98.0 g/mol. The van der Waals surface area contributed by atoms with E-state index in [9.17, 15) is 0 Å². The second-order valence-corrected chi connectivity index (χ2v) is 1.11. The number of hydrogen-bond acceptors (Lipinski definition) is 2. The Morgan fingerprint density at radius 2 is 2.57 bits per heavy atom. The van der Waals surface area contributed by atoms with Crippen molar-refractivity contribution >= 4 is 0 Å². The molecule has 0 fully saturated rings. The zero-order chi connectivity index (χ0) is 5.11. The predicted octanol–water partition coefficient (Wildman–Crippen LogP) is -0.0585. The lowest BCUT2D eigenvalue weighted by molar-refractivity contribution is 0.166. The maximum Gasteiger partial charge on any atom is 0.131 e. The SMILES string of the molecule is COn1ccnc1. The number of hydrogen-bond donors (Lipinski definition) is 0. The van der Waals surface area contributed by atoms with Crippen molar-refractivity contribution < 1.29 is 4.84 Å². The topological polar surface area (TPSA) is 27.1 Å². The third kappa shape index (κ3) is 0.707. The molecule has 1 aromatic rings. The molecule has 0 spiro atoms. The van der Waals surface area contributed by atoms with E-state index >= 15 is 0 Å². The lowest BCUT2D eigenvalue weighted by Crippen LogP contribution is -2.00. The Labute approximate surface area is 41.5 Å². The molecule has 3 nitrogen and oxygen atoms in total. The third-order valence-electron chi connectivity index (χ3n) is 0.691. The minimum absolute atomic E-state index is 1.51. The largest absolute Gasteiger partial charge is 0.416 e. The molecule has 0 bridgehead atoms. The number of nitrogens with zero attached hydrogens (tertiary/aromatic N) is 2. The van der Waals surface area contributed by atoms with E-state index in [1.165, 1.54) is 4.73 Å². The van der Waals surface area contributed by atoms with Crippen molar-refractivity contribution in [3.63, 3.8) is 0 Å². The molecule has 0 atom stereocenters. The van der Waals surface area contributed by atoms with Crippen molar-refractivity contribution in [3.8, 4) is 0 Å². The molecule has 0 unspecified atom stereocenters. The molecule has 0 aliphatic heterocycles. The van der Waals surface area contributed by atoms with E-state index in [4.69, 9.17) is 4.84 Å². The zero-order valence-corrected chi connectivity index (χ0v) is 4.03. The van der Waals surface area contributed by atoms with Crippen LogP contribution in [0, 0.1) is 0 Å². The Hall–Kier alpha value is -0.990. The van der Waals surface area contributed by atoms with Gasteiger partial charge in [-0.25, -0.2) is 4.98 Å². The highest BCUT2D eigenvalue weighted by molar-refractivity contribution is 4.68. The first-order valence-electron chi connectivity index (χ1n) is 1.96. The molecular weight excluding hydrogens is 92.1 g/mol. The zero-order valence-electron chi connectivity index (χ0n) is 4.03. The third-order valence-corrected chi connectivity index (χ3v) is 0.691. The average Bonchev–Trinajstić information content (AvgIpc) is 2.14. The Morgan fingerprint density at radius 1 is 1.71 bits per heavy atom. The van der Waals surface area contributed by atoms with Gasteiger partial charge in [-0.2, -0.15) is 4.73 Å². The Kier molecular flexibility index (Phi) is 0.978. The second-order valence-electron chi connectivity index (χ2n) is 1.11. The van der Waals surface area contributed by atoms with Crippen LogP contribution in [0.25, 0.3) is 0 Å². The Bertz CT molecular complexity index is 124. The fraction of sp³-hybridized carbons (Fsp3) is 0.250. The number of aromatic nitrogens is 2. The van der Waals surface area contributed by atoms with Crippen LogP contribution < -0.4 is 4.84 Å². The smallest absolute Gasteiger partial charge is 0.131 e.